The Kier molecular flexibility index (Phi) is 4.04. The quantitative estimate of drug-likeness (QED) is 0.858. The SMILES string of the molecule is CCSc1ccccc1C(=O)Nc1cc(C)no1. The van der Waals surface area contributed by atoms with Gasteiger partial charge in [-0.15, -0.1) is 11.8 Å². The molecule has 0 fully saturated rings. The number of thioether (sulfide) groups is 1. The van der Waals surface area contributed by atoms with Gasteiger partial charge in [0.05, 0.1) is 11.3 Å². The fourth-order valence-electron chi connectivity index (χ4n) is 1.54. The maximum atomic E-state index is 12.1. The monoisotopic (exact) mass is 262 g/mol. The van der Waals surface area contributed by atoms with Crippen LogP contribution in [0.2, 0.25) is 0 Å². The van der Waals surface area contributed by atoms with Gasteiger partial charge in [0.2, 0.25) is 5.88 Å². The first-order valence-corrected chi connectivity index (χ1v) is 6.65. The molecule has 18 heavy (non-hydrogen) atoms. The Morgan fingerprint density at radius 1 is 1.44 bits per heavy atom. The van der Waals surface area contributed by atoms with Gasteiger partial charge in [-0.25, -0.2) is 0 Å². The standard InChI is InChI=1S/C13H14N2O2S/c1-3-18-11-7-5-4-6-10(11)13(16)14-12-8-9(2)15-17-12/h4-8H,3H2,1-2H3,(H,14,16). The van der Waals surface area contributed by atoms with Crippen molar-refractivity contribution in [3.05, 3.63) is 41.6 Å². The second-order valence-corrected chi connectivity index (χ2v) is 5.02. The molecule has 1 aromatic heterocycles. The second-order valence-electron chi connectivity index (χ2n) is 3.72. The van der Waals surface area contributed by atoms with E-state index in [0.717, 1.165) is 16.3 Å². The van der Waals surface area contributed by atoms with E-state index in [9.17, 15) is 4.79 Å². The Morgan fingerprint density at radius 3 is 2.89 bits per heavy atom. The summed E-state index contributed by atoms with van der Waals surface area (Å²) < 4.78 is 4.97. The van der Waals surface area contributed by atoms with Crippen molar-refractivity contribution in [1.29, 1.82) is 0 Å². The number of benzene rings is 1. The number of hydrogen-bond donors (Lipinski definition) is 1. The number of nitrogens with zero attached hydrogens (tertiary/aromatic N) is 1. The molecule has 4 nitrogen and oxygen atoms in total. The normalized spacial score (nSPS) is 10.3. The lowest BCUT2D eigenvalue weighted by molar-refractivity contribution is 0.102. The molecule has 0 radical (unpaired) electrons. The summed E-state index contributed by atoms with van der Waals surface area (Å²) in [5.41, 5.74) is 1.39. The van der Waals surface area contributed by atoms with Gasteiger partial charge in [-0.3, -0.25) is 10.1 Å². The van der Waals surface area contributed by atoms with Crippen molar-refractivity contribution in [3.8, 4) is 0 Å². The molecule has 2 aromatic rings. The molecular formula is C13H14N2O2S. The summed E-state index contributed by atoms with van der Waals surface area (Å²) in [6.45, 7) is 3.86. The van der Waals surface area contributed by atoms with Gasteiger partial charge >= 0.3 is 0 Å². The van der Waals surface area contributed by atoms with Gasteiger partial charge < -0.3 is 4.52 Å². The Labute approximate surface area is 110 Å². The van der Waals surface area contributed by atoms with Crippen LogP contribution < -0.4 is 5.32 Å². The maximum absolute atomic E-state index is 12.1. The van der Waals surface area contributed by atoms with Crippen molar-refractivity contribution in [1.82, 2.24) is 5.16 Å². The highest BCUT2D eigenvalue weighted by Gasteiger charge is 2.12. The minimum absolute atomic E-state index is 0.178. The van der Waals surface area contributed by atoms with Crippen LogP contribution in [0.15, 0.2) is 39.8 Å². The van der Waals surface area contributed by atoms with Gasteiger partial charge in [-0.05, 0) is 24.8 Å². The van der Waals surface area contributed by atoms with Gasteiger partial charge in [0, 0.05) is 11.0 Å². The zero-order valence-corrected chi connectivity index (χ0v) is 11.1. The first-order valence-electron chi connectivity index (χ1n) is 5.67. The van der Waals surface area contributed by atoms with Crippen LogP contribution in [-0.4, -0.2) is 16.8 Å². The lowest BCUT2D eigenvalue weighted by Gasteiger charge is -2.06. The lowest BCUT2D eigenvalue weighted by Crippen LogP contribution is -2.12. The molecule has 1 N–H and O–H groups in total. The molecule has 0 aliphatic heterocycles. The molecule has 0 saturated heterocycles. The van der Waals surface area contributed by atoms with E-state index in [1.807, 2.05) is 18.2 Å². The molecule has 0 atom stereocenters. The van der Waals surface area contributed by atoms with E-state index in [1.54, 1.807) is 30.8 Å². The van der Waals surface area contributed by atoms with E-state index in [0.29, 0.717) is 11.4 Å². The minimum atomic E-state index is -0.178. The maximum Gasteiger partial charge on any atom is 0.259 e. The summed E-state index contributed by atoms with van der Waals surface area (Å²) in [5, 5.41) is 6.42. The number of amides is 1. The summed E-state index contributed by atoms with van der Waals surface area (Å²) in [5.74, 6) is 1.11. The van der Waals surface area contributed by atoms with Gasteiger partial charge in [-0.2, -0.15) is 0 Å². The predicted molar refractivity (Wildman–Crippen MR) is 72.0 cm³/mol. The third-order valence-corrected chi connectivity index (χ3v) is 3.25. The highest BCUT2D eigenvalue weighted by atomic mass is 32.2. The van der Waals surface area contributed by atoms with Crippen molar-refractivity contribution in [3.63, 3.8) is 0 Å². The number of anilines is 1. The van der Waals surface area contributed by atoms with Crippen LogP contribution >= 0.6 is 11.8 Å². The van der Waals surface area contributed by atoms with Gasteiger partial charge in [0.25, 0.3) is 5.91 Å². The van der Waals surface area contributed by atoms with Crippen LogP contribution in [0.1, 0.15) is 23.0 Å². The zero-order valence-electron chi connectivity index (χ0n) is 10.3. The van der Waals surface area contributed by atoms with Gasteiger partial charge in [0.15, 0.2) is 0 Å². The van der Waals surface area contributed by atoms with E-state index >= 15 is 0 Å². The Hall–Kier alpha value is -1.75. The van der Waals surface area contributed by atoms with E-state index < -0.39 is 0 Å². The Morgan fingerprint density at radius 2 is 2.22 bits per heavy atom. The van der Waals surface area contributed by atoms with Crippen molar-refractivity contribution < 1.29 is 9.32 Å². The lowest BCUT2D eigenvalue weighted by atomic mass is 10.2. The van der Waals surface area contributed by atoms with Gasteiger partial charge in [0.1, 0.15) is 0 Å². The molecule has 0 saturated carbocycles. The van der Waals surface area contributed by atoms with Crippen molar-refractivity contribution in [2.75, 3.05) is 11.1 Å². The number of aromatic nitrogens is 1. The number of hydrogen-bond acceptors (Lipinski definition) is 4. The molecule has 0 aliphatic carbocycles. The molecule has 94 valence electrons. The van der Waals surface area contributed by atoms with Crippen LogP contribution in [0.3, 0.4) is 0 Å². The number of nitrogens with one attached hydrogen (secondary N) is 1. The van der Waals surface area contributed by atoms with Crippen LogP contribution in [-0.2, 0) is 0 Å². The van der Waals surface area contributed by atoms with E-state index in [1.165, 1.54) is 0 Å². The highest BCUT2D eigenvalue weighted by molar-refractivity contribution is 7.99. The molecule has 5 heteroatoms. The Balaban J connectivity index is 2.18. The topological polar surface area (TPSA) is 55.1 Å². The molecule has 0 unspecified atom stereocenters. The largest absolute Gasteiger partial charge is 0.338 e. The van der Waals surface area contributed by atoms with Crippen LogP contribution in [0.25, 0.3) is 0 Å². The van der Waals surface area contributed by atoms with Crippen LogP contribution in [0.4, 0.5) is 5.88 Å². The second kappa shape index (κ2) is 5.73. The molecule has 0 aliphatic rings. The summed E-state index contributed by atoms with van der Waals surface area (Å²) in [6.07, 6.45) is 0. The molecular weight excluding hydrogens is 248 g/mol. The number of aryl methyl sites for hydroxylation is 1. The fourth-order valence-corrected chi connectivity index (χ4v) is 2.34. The molecule has 1 aromatic carbocycles. The van der Waals surface area contributed by atoms with E-state index in [4.69, 9.17) is 4.52 Å². The number of carbonyl (C=O) groups excluding carboxylic acids is 1. The predicted octanol–water partition coefficient (Wildman–Crippen LogP) is 3.35. The number of carbonyl (C=O) groups is 1. The minimum Gasteiger partial charge on any atom is -0.338 e. The Bertz CT molecular complexity index is 551. The first kappa shape index (κ1) is 12.7. The molecule has 2 rings (SSSR count). The molecule has 1 heterocycles. The summed E-state index contributed by atoms with van der Waals surface area (Å²) in [4.78, 5) is 13.1. The summed E-state index contributed by atoms with van der Waals surface area (Å²) >= 11 is 1.64. The number of rotatable bonds is 4. The highest BCUT2D eigenvalue weighted by Crippen LogP contribution is 2.23. The molecule has 0 bridgehead atoms. The zero-order chi connectivity index (χ0) is 13.0. The first-order chi connectivity index (χ1) is 8.70. The smallest absolute Gasteiger partial charge is 0.259 e. The average Bonchev–Trinajstić information content (AvgIpc) is 2.76. The van der Waals surface area contributed by atoms with Crippen molar-refractivity contribution in [2.45, 2.75) is 18.7 Å². The molecule has 0 spiro atoms. The molecule has 1 amide bonds. The van der Waals surface area contributed by atoms with Gasteiger partial charge in [-0.1, -0.05) is 24.2 Å². The summed E-state index contributed by atoms with van der Waals surface area (Å²) in [7, 11) is 0. The van der Waals surface area contributed by atoms with Crippen LogP contribution in [0.5, 0.6) is 0 Å². The van der Waals surface area contributed by atoms with E-state index in [-0.39, 0.29) is 5.91 Å². The van der Waals surface area contributed by atoms with Crippen molar-refractivity contribution >= 4 is 23.6 Å². The van der Waals surface area contributed by atoms with Crippen LogP contribution in [0, 0.1) is 6.92 Å². The third-order valence-electron chi connectivity index (χ3n) is 2.30. The van der Waals surface area contributed by atoms with E-state index in [2.05, 4.69) is 17.4 Å². The average molecular weight is 262 g/mol. The van der Waals surface area contributed by atoms with Crippen molar-refractivity contribution in [2.24, 2.45) is 0 Å². The third kappa shape index (κ3) is 2.92. The fraction of sp³-hybridized carbons (Fsp3) is 0.231. The summed E-state index contributed by atoms with van der Waals surface area (Å²) in [6, 6.07) is 9.20.